The number of hydrogen-bond acceptors (Lipinski definition) is 5. The molecule has 1 aromatic rings. The number of aromatic nitrogens is 3. The number of nitrogens with zero attached hydrogens (tertiary/aromatic N) is 5. The zero-order valence-electron chi connectivity index (χ0n) is 14.9. The van der Waals surface area contributed by atoms with E-state index in [2.05, 4.69) is 27.5 Å². The Balaban J connectivity index is 1.85. The lowest BCUT2D eigenvalue weighted by Crippen LogP contribution is -2.40. The van der Waals surface area contributed by atoms with Gasteiger partial charge in [0.05, 0.1) is 6.20 Å². The molecule has 0 spiro atoms. The Kier molecular flexibility index (Phi) is 6.72. The number of amides is 2. The zero-order valence-corrected chi connectivity index (χ0v) is 14.9. The van der Waals surface area contributed by atoms with Crippen LogP contribution < -0.4 is 5.32 Å². The lowest BCUT2D eigenvalue weighted by atomic mass is 10.2. The maximum atomic E-state index is 12.2. The molecule has 1 aromatic heterocycles. The van der Waals surface area contributed by atoms with Crippen molar-refractivity contribution in [1.82, 2.24) is 30.1 Å². The van der Waals surface area contributed by atoms with E-state index in [1.807, 2.05) is 13.8 Å². The van der Waals surface area contributed by atoms with Crippen molar-refractivity contribution in [3.63, 3.8) is 0 Å². The first-order chi connectivity index (χ1) is 11.6. The van der Waals surface area contributed by atoms with Gasteiger partial charge in [0.25, 0.3) is 5.91 Å². The molecule has 1 fully saturated rings. The summed E-state index contributed by atoms with van der Waals surface area (Å²) < 4.78 is 1.42. The van der Waals surface area contributed by atoms with Crippen molar-refractivity contribution in [2.45, 2.75) is 46.2 Å². The fourth-order valence-electron chi connectivity index (χ4n) is 3.14. The van der Waals surface area contributed by atoms with Crippen molar-refractivity contribution < 1.29 is 9.59 Å². The largest absolute Gasteiger partial charge is 0.349 e. The summed E-state index contributed by atoms with van der Waals surface area (Å²) in [6, 6.07) is 0.401. The molecule has 1 saturated heterocycles. The van der Waals surface area contributed by atoms with Gasteiger partial charge in [-0.1, -0.05) is 12.1 Å². The van der Waals surface area contributed by atoms with Crippen LogP contribution in [0.1, 0.15) is 44.1 Å². The number of likely N-dealkylation sites (N-methyl/N-ethyl adjacent to an activating group) is 2. The molecule has 24 heavy (non-hydrogen) atoms. The van der Waals surface area contributed by atoms with E-state index in [9.17, 15) is 9.59 Å². The minimum absolute atomic E-state index is 0.0265. The van der Waals surface area contributed by atoms with Gasteiger partial charge in [0, 0.05) is 25.7 Å². The third-order valence-electron chi connectivity index (χ3n) is 4.59. The van der Waals surface area contributed by atoms with Gasteiger partial charge >= 0.3 is 0 Å². The van der Waals surface area contributed by atoms with Gasteiger partial charge in [-0.25, -0.2) is 4.68 Å². The van der Waals surface area contributed by atoms with Crippen molar-refractivity contribution in [1.29, 1.82) is 0 Å². The highest BCUT2D eigenvalue weighted by Gasteiger charge is 2.24. The first-order valence-corrected chi connectivity index (χ1v) is 8.79. The number of carbonyl (C=O) groups excluding carboxylic acids is 2. The smallest absolute Gasteiger partial charge is 0.273 e. The molecule has 0 unspecified atom stereocenters. The van der Waals surface area contributed by atoms with Crippen LogP contribution in [-0.2, 0) is 11.3 Å². The normalized spacial score (nSPS) is 17.9. The molecule has 0 radical (unpaired) electrons. The molecule has 1 atom stereocenters. The Morgan fingerprint density at radius 3 is 2.75 bits per heavy atom. The molecule has 0 aliphatic carbocycles. The Labute approximate surface area is 143 Å². The molecular weight excluding hydrogens is 308 g/mol. The van der Waals surface area contributed by atoms with E-state index in [-0.39, 0.29) is 24.1 Å². The van der Waals surface area contributed by atoms with Gasteiger partial charge < -0.3 is 10.2 Å². The molecule has 0 saturated carbocycles. The summed E-state index contributed by atoms with van der Waals surface area (Å²) in [7, 11) is 0. The van der Waals surface area contributed by atoms with Gasteiger partial charge in [0.2, 0.25) is 5.91 Å². The molecule has 1 N–H and O–H groups in total. The summed E-state index contributed by atoms with van der Waals surface area (Å²) in [5.74, 6) is -0.263. The van der Waals surface area contributed by atoms with E-state index in [0.29, 0.717) is 25.7 Å². The monoisotopic (exact) mass is 336 g/mol. The van der Waals surface area contributed by atoms with Gasteiger partial charge in [0.15, 0.2) is 5.69 Å². The minimum Gasteiger partial charge on any atom is -0.349 e. The Bertz CT molecular complexity index is 555. The number of carbonyl (C=O) groups is 2. The molecule has 0 aromatic carbocycles. The van der Waals surface area contributed by atoms with E-state index in [1.165, 1.54) is 17.3 Å². The second kappa shape index (κ2) is 8.77. The molecule has 2 heterocycles. The van der Waals surface area contributed by atoms with Gasteiger partial charge in [-0.15, -0.1) is 5.10 Å². The van der Waals surface area contributed by atoms with E-state index in [0.717, 1.165) is 19.5 Å². The van der Waals surface area contributed by atoms with Crippen molar-refractivity contribution in [2.75, 3.05) is 32.7 Å². The summed E-state index contributed by atoms with van der Waals surface area (Å²) in [5, 5.41) is 10.7. The van der Waals surface area contributed by atoms with Crippen LogP contribution in [0.2, 0.25) is 0 Å². The average Bonchev–Trinajstić information content (AvgIpc) is 3.22. The third kappa shape index (κ3) is 4.53. The maximum absolute atomic E-state index is 12.2. The van der Waals surface area contributed by atoms with Crippen LogP contribution in [0, 0.1) is 0 Å². The summed E-state index contributed by atoms with van der Waals surface area (Å²) in [6.45, 7) is 10.2. The average molecular weight is 336 g/mol. The highest BCUT2D eigenvalue weighted by atomic mass is 16.2. The second-order valence-electron chi connectivity index (χ2n) is 6.00. The minimum atomic E-state index is -0.237. The van der Waals surface area contributed by atoms with Crippen molar-refractivity contribution in [3.05, 3.63) is 11.9 Å². The Morgan fingerprint density at radius 2 is 2.08 bits per heavy atom. The van der Waals surface area contributed by atoms with E-state index < -0.39 is 0 Å². The molecule has 2 rings (SSSR count). The highest BCUT2D eigenvalue weighted by Crippen LogP contribution is 2.15. The SMILES string of the molecule is CCN(CC)C(=O)Cn1cc(C(=O)NC[C@@H]2CCCN2CC)nn1. The predicted molar refractivity (Wildman–Crippen MR) is 90.6 cm³/mol. The van der Waals surface area contributed by atoms with Crippen LogP contribution in [0.15, 0.2) is 6.20 Å². The fraction of sp³-hybridized carbons (Fsp3) is 0.750. The van der Waals surface area contributed by atoms with Gasteiger partial charge in [-0.05, 0) is 39.8 Å². The molecule has 2 amide bonds. The third-order valence-corrected chi connectivity index (χ3v) is 4.59. The predicted octanol–water partition coefficient (Wildman–Crippen LogP) is 0.361. The van der Waals surface area contributed by atoms with Crippen LogP contribution in [0.3, 0.4) is 0 Å². The number of nitrogens with one attached hydrogen (secondary N) is 1. The van der Waals surface area contributed by atoms with E-state index >= 15 is 0 Å². The van der Waals surface area contributed by atoms with Crippen LogP contribution in [0.5, 0.6) is 0 Å². The van der Waals surface area contributed by atoms with Crippen LogP contribution in [0.25, 0.3) is 0 Å². The number of rotatable bonds is 8. The van der Waals surface area contributed by atoms with E-state index in [4.69, 9.17) is 0 Å². The summed E-state index contributed by atoms with van der Waals surface area (Å²) >= 11 is 0. The quantitative estimate of drug-likeness (QED) is 0.741. The Morgan fingerprint density at radius 1 is 1.33 bits per heavy atom. The summed E-state index contributed by atoms with van der Waals surface area (Å²) in [4.78, 5) is 28.4. The molecular formula is C16H28N6O2. The lowest BCUT2D eigenvalue weighted by molar-refractivity contribution is -0.131. The number of hydrogen-bond donors (Lipinski definition) is 1. The van der Waals surface area contributed by atoms with Crippen molar-refractivity contribution >= 4 is 11.8 Å². The first kappa shape index (κ1) is 18.4. The van der Waals surface area contributed by atoms with Crippen molar-refractivity contribution in [3.8, 4) is 0 Å². The van der Waals surface area contributed by atoms with Crippen LogP contribution in [0.4, 0.5) is 0 Å². The first-order valence-electron chi connectivity index (χ1n) is 8.79. The fourth-order valence-corrected chi connectivity index (χ4v) is 3.14. The molecule has 1 aliphatic rings. The standard InChI is InChI=1S/C16H28N6O2/c1-4-20(5-2)15(23)12-22-11-14(18-19-22)16(24)17-10-13-8-7-9-21(13)6-3/h11,13H,4-10,12H2,1-3H3,(H,17,24)/t13-/m0/s1. The van der Waals surface area contributed by atoms with Crippen LogP contribution >= 0.6 is 0 Å². The topological polar surface area (TPSA) is 83.4 Å². The highest BCUT2D eigenvalue weighted by molar-refractivity contribution is 5.91. The van der Waals surface area contributed by atoms with E-state index in [1.54, 1.807) is 4.90 Å². The molecule has 0 bridgehead atoms. The van der Waals surface area contributed by atoms with Gasteiger partial charge in [0.1, 0.15) is 6.54 Å². The molecule has 1 aliphatic heterocycles. The van der Waals surface area contributed by atoms with Crippen molar-refractivity contribution in [2.24, 2.45) is 0 Å². The number of likely N-dealkylation sites (tertiary alicyclic amines) is 1. The summed E-state index contributed by atoms with van der Waals surface area (Å²) in [6.07, 6.45) is 3.82. The lowest BCUT2D eigenvalue weighted by Gasteiger charge is -2.22. The molecule has 8 nitrogen and oxygen atoms in total. The molecule has 134 valence electrons. The zero-order chi connectivity index (χ0) is 17.5. The van der Waals surface area contributed by atoms with Crippen LogP contribution in [-0.4, -0.2) is 75.4 Å². The van der Waals surface area contributed by atoms with Gasteiger partial charge in [-0.2, -0.15) is 0 Å². The second-order valence-corrected chi connectivity index (χ2v) is 6.00. The van der Waals surface area contributed by atoms with Gasteiger partial charge in [-0.3, -0.25) is 14.5 Å². The summed E-state index contributed by atoms with van der Waals surface area (Å²) in [5.41, 5.74) is 0.253. The Hall–Kier alpha value is -1.96. The maximum Gasteiger partial charge on any atom is 0.273 e. The molecule has 8 heteroatoms.